The lowest BCUT2D eigenvalue weighted by Crippen LogP contribution is -2.34. The van der Waals surface area contributed by atoms with Gasteiger partial charge in [-0.1, -0.05) is 11.6 Å². The van der Waals surface area contributed by atoms with Crippen LogP contribution < -0.4 is 9.80 Å². The number of nitrogens with zero attached hydrogens (tertiary/aromatic N) is 1. The molecule has 0 atom stereocenters. The highest BCUT2D eigenvalue weighted by molar-refractivity contribution is 6.31. The van der Waals surface area contributed by atoms with Crippen molar-refractivity contribution in [2.24, 2.45) is 0 Å². The molecular weight excluding hydrogens is 290 g/mol. The van der Waals surface area contributed by atoms with Crippen LogP contribution in [-0.4, -0.2) is 31.4 Å². The summed E-state index contributed by atoms with van der Waals surface area (Å²) in [6.45, 7) is 0. The Morgan fingerprint density at radius 1 is 1.25 bits per heavy atom. The molecule has 0 unspecified atom stereocenters. The molecule has 0 saturated carbocycles. The Morgan fingerprint density at radius 3 is 2.50 bits per heavy atom. The summed E-state index contributed by atoms with van der Waals surface area (Å²) in [5.74, 6) is -2.22. The molecule has 1 aromatic carbocycles. The van der Waals surface area contributed by atoms with E-state index < -0.39 is 23.4 Å². The van der Waals surface area contributed by atoms with Gasteiger partial charge in [0.15, 0.2) is 5.75 Å². The minimum atomic E-state index is -0.960. The average Bonchev–Trinajstić information content (AvgIpc) is 2.46. The van der Waals surface area contributed by atoms with Crippen molar-refractivity contribution < 1.29 is 29.0 Å². The molecule has 20 heavy (non-hydrogen) atoms. The third kappa shape index (κ3) is 2.28. The van der Waals surface area contributed by atoms with Crippen molar-refractivity contribution in [1.29, 1.82) is 0 Å². The maximum atomic E-state index is 11.7. The number of hydroxylamine groups is 1. The molecule has 0 aliphatic carbocycles. The number of rotatable bonds is 2. The van der Waals surface area contributed by atoms with Crippen molar-refractivity contribution in [2.75, 3.05) is 19.3 Å². The van der Waals surface area contributed by atoms with Crippen LogP contribution >= 0.6 is 11.6 Å². The van der Waals surface area contributed by atoms with Crippen LogP contribution in [0.4, 0.5) is 5.69 Å². The van der Waals surface area contributed by atoms with Gasteiger partial charge in [-0.25, -0.2) is 14.7 Å². The van der Waals surface area contributed by atoms with Gasteiger partial charge in [0.25, 0.3) is 0 Å². The Labute approximate surface area is 118 Å². The molecule has 1 N–H and O–H groups in total. The Kier molecular flexibility index (Phi) is 3.82. The molecule has 1 aliphatic heterocycles. The van der Waals surface area contributed by atoms with Crippen molar-refractivity contribution in [3.05, 3.63) is 34.7 Å². The molecule has 0 bridgehead atoms. The van der Waals surface area contributed by atoms with Crippen molar-refractivity contribution >= 4 is 29.2 Å². The molecule has 0 fully saturated rings. The van der Waals surface area contributed by atoms with Gasteiger partial charge in [-0.3, -0.25) is 5.21 Å². The minimum Gasteiger partial charge on any atom is -0.464 e. The first kappa shape index (κ1) is 14.2. The van der Waals surface area contributed by atoms with Crippen LogP contribution in [0, 0.1) is 0 Å². The number of methoxy groups -OCH3 is 2. The van der Waals surface area contributed by atoms with Gasteiger partial charge >= 0.3 is 11.9 Å². The Balaban J connectivity index is 2.59. The molecule has 1 aliphatic rings. The number of benzene rings is 1. The zero-order valence-corrected chi connectivity index (χ0v) is 11.3. The van der Waals surface area contributed by atoms with E-state index in [1.54, 1.807) is 0 Å². The topological polar surface area (TPSA) is 85.3 Å². The smallest absolute Gasteiger partial charge is 0.376 e. The standard InChI is InChI=1S/C12H10ClNO6/c1-18-11(15)9-10(12(16)19-2)20-8-4-3-6(13)5-7(8)14(9)17/h3-5,17H,1-2H3. The number of fused-ring (bicyclic) bond motifs is 1. The highest BCUT2D eigenvalue weighted by Gasteiger charge is 2.36. The lowest BCUT2D eigenvalue weighted by atomic mass is 10.2. The number of halogens is 1. The van der Waals surface area contributed by atoms with E-state index in [4.69, 9.17) is 16.3 Å². The van der Waals surface area contributed by atoms with Gasteiger partial charge in [0.2, 0.25) is 11.5 Å². The van der Waals surface area contributed by atoms with Gasteiger partial charge in [-0.2, -0.15) is 0 Å². The fourth-order valence-electron chi connectivity index (χ4n) is 1.62. The molecule has 8 heteroatoms. The second-order valence-electron chi connectivity index (χ2n) is 3.69. The molecule has 1 heterocycles. The molecule has 0 amide bonds. The fourth-order valence-corrected chi connectivity index (χ4v) is 1.79. The monoisotopic (exact) mass is 299 g/mol. The summed E-state index contributed by atoms with van der Waals surface area (Å²) in [5.41, 5.74) is -0.389. The normalized spacial score (nSPS) is 13.5. The fraction of sp³-hybridized carbons (Fsp3) is 0.167. The number of anilines is 1. The second kappa shape index (κ2) is 5.40. The zero-order valence-electron chi connectivity index (χ0n) is 10.5. The molecule has 0 radical (unpaired) electrons. The summed E-state index contributed by atoms with van der Waals surface area (Å²) in [6, 6.07) is 4.32. The van der Waals surface area contributed by atoms with Gasteiger partial charge in [0, 0.05) is 5.02 Å². The molecular formula is C12H10ClNO6. The molecule has 0 aromatic heterocycles. The van der Waals surface area contributed by atoms with Gasteiger partial charge in [-0.05, 0) is 18.2 Å². The Hall–Kier alpha value is -2.25. The van der Waals surface area contributed by atoms with Crippen LogP contribution in [0.3, 0.4) is 0 Å². The van der Waals surface area contributed by atoms with Crippen molar-refractivity contribution in [3.8, 4) is 5.75 Å². The van der Waals surface area contributed by atoms with E-state index in [-0.39, 0.29) is 11.4 Å². The summed E-state index contributed by atoms with van der Waals surface area (Å²) in [4.78, 5) is 23.3. The largest absolute Gasteiger partial charge is 0.464 e. The highest BCUT2D eigenvalue weighted by Crippen LogP contribution is 2.38. The van der Waals surface area contributed by atoms with E-state index in [1.165, 1.54) is 18.2 Å². The van der Waals surface area contributed by atoms with Gasteiger partial charge < -0.3 is 14.2 Å². The summed E-state index contributed by atoms with van der Waals surface area (Å²) in [5, 5.41) is 10.9. The van der Waals surface area contributed by atoms with E-state index in [0.29, 0.717) is 10.1 Å². The Morgan fingerprint density at radius 2 is 1.90 bits per heavy atom. The van der Waals surface area contributed by atoms with E-state index in [0.717, 1.165) is 14.2 Å². The summed E-state index contributed by atoms with van der Waals surface area (Å²) in [7, 11) is 2.22. The first-order chi connectivity index (χ1) is 9.49. The molecule has 106 valence electrons. The lowest BCUT2D eigenvalue weighted by molar-refractivity contribution is -0.142. The molecule has 2 rings (SSSR count). The van der Waals surface area contributed by atoms with Crippen molar-refractivity contribution in [1.82, 2.24) is 0 Å². The summed E-state index contributed by atoms with van der Waals surface area (Å²) >= 11 is 5.81. The van der Waals surface area contributed by atoms with Crippen LogP contribution in [0.1, 0.15) is 0 Å². The van der Waals surface area contributed by atoms with Gasteiger partial charge in [0.1, 0.15) is 5.69 Å². The van der Waals surface area contributed by atoms with Crippen LogP contribution in [-0.2, 0) is 19.1 Å². The van der Waals surface area contributed by atoms with Crippen LogP contribution in [0.2, 0.25) is 5.02 Å². The van der Waals surface area contributed by atoms with E-state index in [2.05, 4.69) is 9.47 Å². The van der Waals surface area contributed by atoms with E-state index >= 15 is 0 Å². The SMILES string of the molecule is COC(=O)C1=C(C(=O)OC)N(O)c2cc(Cl)ccc2O1. The van der Waals surface area contributed by atoms with Crippen LogP contribution in [0.5, 0.6) is 5.75 Å². The quantitative estimate of drug-likeness (QED) is 0.828. The number of hydrogen-bond donors (Lipinski definition) is 1. The Bertz CT molecular complexity index is 612. The number of esters is 2. The van der Waals surface area contributed by atoms with Crippen LogP contribution in [0.25, 0.3) is 0 Å². The predicted molar refractivity (Wildman–Crippen MR) is 67.4 cm³/mol. The van der Waals surface area contributed by atoms with Gasteiger partial charge in [-0.15, -0.1) is 0 Å². The number of ether oxygens (including phenoxy) is 3. The highest BCUT2D eigenvalue weighted by atomic mass is 35.5. The number of hydrogen-bond acceptors (Lipinski definition) is 7. The van der Waals surface area contributed by atoms with E-state index in [9.17, 15) is 14.8 Å². The van der Waals surface area contributed by atoms with Crippen molar-refractivity contribution in [2.45, 2.75) is 0 Å². The maximum Gasteiger partial charge on any atom is 0.376 e. The maximum absolute atomic E-state index is 11.7. The van der Waals surface area contributed by atoms with Crippen molar-refractivity contribution in [3.63, 3.8) is 0 Å². The minimum absolute atomic E-state index is 0.102. The molecule has 7 nitrogen and oxygen atoms in total. The third-order valence-electron chi connectivity index (χ3n) is 2.54. The summed E-state index contributed by atoms with van der Waals surface area (Å²) < 4.78 is 14.3. The molecule has 1 aromatic rings. The zero-order chi connectivity index (χ0) is 14.9. The number of carbonyl (C=O) groups excluding carboxylic acids is 2. The van der Waals surface area contributed by atoms with Crippen LogP contribution in [0.15, 0.2) is 29.7 Å². The predicted octanol–water partition coefficient (Wildman–Crippen LogP) is 1.49. The second-order valence-corrected chi connectivity index (χ2v) is 4.12. The van der Waals surface area contributed by atoms with E-state index in [1.807, 2.05) is 0 Å². The van der Waals surface area contributed by atoms with Gasteiger partial charge in [0.05, 0.1) is 14.2 Å². The average molecular weight is 300 g/mol. The first-order valence-electron chi connectivity index (χ1n) is 5.37. The third-order valence-corrected chi connectivity index (χ3v) is 2.77. The first-order valence-corrected chi connectivity index (χ1v) is 5.74. The molecule has 0 spiro atoms. The summed E-state index contributed by atoms with van der Waals surface area (Å²) in [6.07, 6.45) is 0. The lowest BCUT2D eigenvalue weighted by Gasteiger charge is -2.27. The number of carbonyl (C=O) groups is 2. The molecule has 0 saturated heterocycles.